The number of nitrogens with one attached hydrogen (secondary N) is 1. The quantitative estimate of drug-likeness (QED) is 0.539. The maximum absolute atomic E-state index is 12.5. The lowest BCUT2D eigenvalue weighted by Gasteiger charge is -2.10. The molecular weight excluding hydrogens is 370 g/mol. The molecule has 1 N–H and O–H groups in total. The molecule has 1 aromatic heterocycles. The van der Waals surface area contributed by atoms with Gasteiger partial charge in [-0.3, -0.25) is 4.79 Å². The number of hydrogen-bond acceptors (Lipinski definition) is 5. The van der Waals surface area contributed by atoms with E-state index in [1.165, 1.54) is 4.80 Å². The Balaban J connectivity index is 1.44. The van der Waals surface area contributed by atoms with Gasteiger partial charge in [0.25, 0.3) is 0 Å². The highest BCUT2D eigenvalue weighted by Gasteiger charge is 2.11. The first kappa shape index (κ1) is 17.9. The van der Waals surface area contributed by atoms with Gasteiger partial charge in [-0.05, 0) is 29.5 Å². The number of carbonyl (C=O) groups excluding carboxylic acids is 1. The van der Waals surface area contributed by atoms with E-state index < -0.39 is 0 Å². The Hall–Kier alpha value is -3.45. The van der Waals surface area contributed by atoms with Crippen molar-refractivity contribution in [2.75, 3.05) is 5.32 Å². The van der Waals surface area contributed by atoms with Gasteiger partial charge in [0, 0.05) is 15.4 Å². The summed E-state index contributed by atoms with van der Waals surface area (Å²) >= 11 is 1.60. The third-order valence-electron chi connectivity index (χ3n) is 3.90. The first-order valence-electron chi connectivity index (χ1n) is 8.73. The fourth-order valence-corrected chi connectivity index (χ4v) is 3.53. The van der Waals surface area contributed by atoms with Crippen molar-refractivity contribution >= 4 is 23.4 Å². The van der Waals surface area contributed by atoms with Crippen molar-refractivity contribution < 1.29 is 4.79 Å². The zero-order valence-corrected chi connectivity index (χ0v) is 15.7. The lowest BCUT2D eigenvalue weighted by molar-refractivity contribution is -0.117. The molecule has 0 bridgehead atoms. The first-order chi connectivity index (χ1) is 13.8. The second kappa shape index (κ2) is 8.49. The zero-order valence-electron chi connectivity index (χ0n) is 14.9. The van der Waals surface area contributed by atoms with Crippen LogP contribution in [0.25, 0.3) is 11.4 Å². The predicted octanol–water partition coefficient (Wildman–Crippen LogP) is 4.13. The normalized spacial score (nSPS) is 10.6. The van der Waals surface area contributed by atoms with Crippen LogP contribution in [0.15, 0.2) is 94.7 Å². The summed E-state index contributed by atoms with van der Waals surface area (Å²) in [4.78, 5) is 15.9. The zero-order chi connectivity index (χ0) is 19.2. The van der Waals surface area contributed by atoms with Crippen LogP contribution in [0.4, 0.5) is 5.69 Å². The number of tetrazole rings is 1. The third kappa shape index (κ3) is 4.44. The van der Waals surface area contributed by atoms with Crippen LogP contribution in [0.3, 0.4) is 0 Å². The third-order valence-corrected chi connectivity index (χ3v) is 4.99. The standard InChI is InChI=1S/C21H17N5OS/c27-20(15-26-24-21(23-25-26)16-9-3-1-4-10-16)22-18-13-7-8-14-19(18)28-17-11-5-2-6-12-17/h1-14H,15H2,(H,22,27). The van der Waals surface area contributed by atoms with E-state index in [4.69, 9.17) is 0 Å². The number of para-hydroxylation sites is 1. The van der Waals surface area contributed by atoms with Crippen molar-refractivity contribution in [3.8, 4) is 11.4 Å². The molecule has 0 saturated carbocycles. The summed E-state index contributed by atoms with van der Waals surface area (Å²) in [5.41, 5.74) is 1.61. The van der Waals surface area contributed by atoms with E-state index in [-0.39, 0.29) is 12.5 Å². The lowest BCUT2D eigenvalue weighted by Crippen LogP contribution is -2.20. The maximum Gasteiger partial charge on any atom is 0.248 e. The van der Waals surface area contributed by atoms with Crippen LogP contribution in [0.1, 0.15) is 0 Å². The number of hydrogen-bond donors (Lipinski definition) is 1. The molecule has 6 nitrogen and oxygen atoms in total. The van der Waals surface area contributed by atoms with Gasteiger partial charge >= 0.3 is 0 Å². The summed E-state index contributed by atoms with van der Waals surface area (Å²) in [7, 11) is 0. The van der Waals surface area contributed by atoms with E-state index in [0.717, 1.165) is 21.0 Å². The summed E-state index contributed by atoms with van der Waals surface area (Å²) in [6, 6.07) is 27.3. The van der Waals surface area contributed by atoms with Crippen LogP contribution in [-0.2, 0) is 11.3 Å². The Morgan fingerprint density at radius 3 is 2.36 bits per heavy atom. The summed E-state index contributed by atoms with van der Waals surface area (Å²) in [6.45, 7) is -0.00975. The van der Waals surface area contributed by atoms with E-state index >= 15 is 0 Å². The molecule has 0 aliphatic heterocycles. The average molecular weight is 387 g/mol. The number of nitrogens with zero attached hydrogens (tertiary/aromatic N) is 4. The summed E-state index contributed by atoms with van der Waals surface area (Å²) in [6.07, 6.45) is 0. The van der Waals surface area contributed by atoms with Gasteiger partial charge in [0.05, 0.1) is 5.69 Å². The molecule has 0 aliphatic rings. The van der Waals surface area contributed by atoms with Crippen LogP contribution in [0, 0.1) is 0 Å². The minimum absolute atomic E-state index is 0.00975. The smallest absolute Gasteiger partial charge is 0.248 e. The molecule has 0 unspecified atom stereocenters. The van der Waals surface area contributed by atoms with Gasteiger partial charge in [-0.15, -0.1) is 10.2 Å². The molecule has 0 atom stereocenters. The van der Waals surface area contributed by atoms with Gasteiger partial charge in [-0.2, -0.15) is 4.80 Å². The molecule has 3 aromatic carbocycles. The van der Waals surface area contributed by atoms with Gasteiger partial charge in [-0.25, -0.2) is 0 Å². The number of benzene rings is 3. The molecule has 0 fully saturated rings. The molecule has 4 aromatic rings. The van der Waals surface area contributed by atoms with Crippen molar-refractivity contribution in [3.63, 3.8) is 0 Å². The molecular formula is C21H17N5OS. The summed E-state index contributed by atoms with van der Waals surface area (Å²) in [5.74, 6) is 0.284. The maximum atomic E-state index is 12.5. The Kier molecular flexibility index (Phi) is 5.44. The second-order valence-corrected chi connectivity index (χ2v) is 7.08. The minimum atomic E-state index is -0.210. The molecule has 1 heterocycles. The number of aromatic nitrogens is 4. The van der Waals surface area contributed by atoms with Gasteiger partial charge in [0.15, 0.2) is 0 Å². The van der Waals surface area contributed by atoms with Gasteiger partial charge in [-0.1, -0.05) is 72.4 Å². The Morgan fingerprint density at radius 1 is 0.893 bits per heavy atom. The van der Waals surface area contributed by atoms with Crippen molar-refractivity contribution in [2.24, 2.45) is 0 Å². The van der Waals surface area contributed by atoms with E-state index in [0.29, 0.717) is 5.82 Å². The van der Waals surface area contributed by atoms with Gasteiger partial charge < -0.3 is 5.32 Å². The molecule has 7 heteroatoms. The molecule has 0 aliphatic carbocycles. The van der Waals surface area contributed by atoms with Crippen molar-refractivity contribution in [2.45, 2.75) is 16.3 Å². The number of amides is 1. The predicted molar refractivity (Wildman–Crippen MR) is 109 cm³/mol. The first-order valence-corrected chi connectivity index (χ1v) is 9.54. The molecule has 0 spiro atoms. The Morgan fingerprint density at radius 2 is 1.57 bits per heavy atom. The fraction of sp³-hybridized carbons (Fsp3) is 0.0476. The lowest BCUT2D eigenvalue weighted by atomic mass is 10.2. The van der Waals surface area contributed by atoms with Crippen LogP contribution >= 0.6 is 11.8 Å². The molecule has 4 rings (SSSR count). The molecule has 0 saturated heterocycles. The Bertz CT molecular complexity index is 1070. The van der Waals surface area contributed by atoms with Crippen LogP contribution in [0.2, 0.25) is 0 Å². The Labute approximate surface area is 166 Å². The van der Waals surface area contributed by atoms with Crippen LogP contribution < -0.4 is 5.32 Å². The molecule has 1 amide bonds. The second-order valence-electron chi connectivity index (χ2n) is 5.97. The summed E-state index contributed by atoms with van der Waals surface area (Å²) < 4.78 is 0. The largest absolute Gasteiger partial charge is 0.323 e. The number of rotatable bonds is 6. The van der Waals surface area contributed by atoms with Crippen molar-refractivity contribution in [1.29, 1.82) is 0 Å². The van der Waals surface area contributed by atoms with Crippen LogP contribution in [-0.4, -0.2) is 26.1 Å². The van der Waals surface area contributed by atoms with E-state index in [1.54, 1.807) is 11.8 Å². The minimum Gasteiger partial charge on any atom is -0.323 e. The van der Waals surface area contributed by atoms with E-state index in [2.05, 4.69) is 20.7 Å². The SMILES string of the molecule is O=C(Cn1nnc(-c2ccccc2)n1)Nc1ccccc1Sc1ccccc1. The highest BCUT2D eigenvalue weighted by atomic mass is 32.2. The van der Waals surface area contributed by atoms with Gasteiger partial charge in [0.2, 0.25) is 11.7 Å². The van der Waals surface area contributed by atoms with Gasteiger partial charge in [0.1, 0.15) is 6.54 Å². The monoisotopic (exact) mass is 387 g/mol. The highest BCUT2D eigenvalue weighted by molar-refractivity contribution is 7.99. The molecule has 0 radical (unpaired) electrons. The number of anilines is 1. The van der Waals surface area contributed by atoms with Crippen LogP contribution in [0.5, 0.6) is 0 Å². The highest BCUT2D eigenvalue weighted by Crippen LogP contribution is 2.33. The number of carbonyl (C=O) groups is 1. The van der Waals surface area contributed by atoms with Crippen molar-refractivity contribution in [1.82, 2.24) is 20.2 Å². The summed E-state index contributed by atoms with van der Waals surface area (Å²) in [5, 5.41) is 15.2. The molecule has 28 heavy (non-hydrogen) atoms. The average Bonchev–Trinajstić information content (AvgIpc) is 3.19. The van der Waals surface area contributed by atoms with Crippen molar-refractivity contribution in [3.05, 3.63) is 84.9 Å². The molecule has 138 valence electrons. The van der Waals surface area contributed by atoms with E-state index in [1.807, 2.05) is 84.9 Å². The van der Waals surface area contributed by atoms with E-state index in [9.17, 15) is 4.79 Å². The topological polar surface area (TPSA) is 72.7 Å². The fourth-order valence-electron chi connectivity index (χ4n) is 2.61.